The van der Waals surface area contributed by atoms with Crippen molar-refractivity contribution < 1.29 is 0 Å². The van der Waals surface area contributed by atoms with Crippen molar-refractivity contribution >= 4 is 6.08 Å². The van der Waals surface area contributed by atoms with E-state index in [9.17, 15) is 0 Å². The summed E-state index contributed by atoms with van der Waals surface area (Å²) in [6, 6.07) is 19.6. The van der Waals surface area contributed by atoms with E-state index >= 15 is 0 Å². The van der Waals surface area contributed by atoms with Crippen molar-refractivity contribution in [3.63, 3.8) is 0 Å². The second-order valence-corrected chi connectivity index (χ2v) is 3.41. The lowest BCUT2D eigenvalue weighted by Gasteiger charge is -2.01. The Labute approximate surface area is 90.9 Å². The predicted molar refractivity (Wildman–Crippen MR) is 65.4 cm³/mol. The molecule has 0 aromatic heterocycles. The maximum atomic E-state index is 3.02. The van der Waals surface area contributed by atoms with E-state index in [-0.39, 0.29) is 0 Å². The van der Waals surface area contributed by atoms with Gasteiger partial charge in [-0.3, -0.25) is 0 Å². The molecule has 0 fully saturated rings. The molecule has 2 rings (SSSR count). The van der Waals surface area contributed by atoms with E-state index in [0.717, 1.165) is 0 Å². The van der Waals surface area contributed by atoms with E-state index in [1.54, 1.807) is 0 Å². The Balaban J connectivity index is 2.32. The minimum absolute atomic E-state index is 1.24. The molecular weight excluding hydrogens is 180 g/mol. The molecule has 0 aliphatic carbocycles. The Bertz CT molecular complexity index is 435. The molecule has 2 aromatic rings. The third kappa shape index (κ3) is 2.35. The third-order valence-electron chi connectivity index (χ3n) is 2.32. The highest BCUT2D eigenvalue weighted by atomic mass is 14.0. The molecule has 0 heteroatoms. The molecule has 0 unspecified atom stereocenters. The Morgan fingerprint density at radius 1 is 0.867 bits per heavy atom. The Hall–Kier alpha value is -1.82. The first-order valence-corrected chi connectivity index (χ1v) is 5.09. The van der Waals surface area contributed by atoms with Crippen LogP contribution >= 0.6 is 0 Å². The van der Waals surface area contributed by atoms with Crippen LogP contribution in [0.15, 0.2) is 54.6 Å². The Kier molecular flexibility index (Phi) is 2.99. The van der Waals surface area contributed by atoms with Gasteiger partial charge in [0.05, 0.1) is 0 Å². The molecule has 73 valence electrons. The number of hydrogen-bond acceptors (Lipinski definition) is 0. The SMILES string of the molecule is CC=Cc1ccc(-c2cc[c]cc2)cc1. The van der Waals surface area contributed by atoms with E-state index < -0.39 is 0 Å². The van der Waals surface area contributed by atoms with Crippen molar-refractivity contribution in [1.82, 2.24) is 0 Å². The monoisotopic (exact) mass is 193 g/mol. The molecule has 0 aliphatic heterocycles. The topological polar surface area (TPSA) is 0 Å². The summed E-state index contributed by atoms with van der Waals surface area (Å²) in [5, 5.41) is 0. The maximum Gasteiger partial charge on any atom is -0.0184 e. The largest absolute Gasteiger partial charge is 0.0871 e. The fraction of sp³-hybridized carbons (Fsp3) is 0.0667. The lowest BCUT2D eigenvalue weighted by atomic mass is 10.0. The molecule has 1 radical (unpaired) electrons. The standard InChI is InChI=1S/C15H13/c1-2-6-13-9-11-15(12-10-13)14-7-4-3-5-8-14/h2,4-12H,1H3. The van der Waals surface area contributed by atoms with E-state index in [2.05, 4.69) is 48.5 Å². The number of rotatable bonds is 2. The predicted octanol–water partition coefficient (Wildman–Crippen LogP) is 4.19. The van der Waals surface area contributed by atoms with Gasteiger partial charge < -0.3 is 0 Å². The Morgan fingerprint density at radius 3 is 2.07 bits per heavy atom. The van der Waals surface area contributed by atoms with Crippen LogP contribution in [-0.2, 0) is 0 Å². The minimum Gasteiger partial charge on any atom is -0.0871 e. The van der Waals surface area contributed by atoms with Crippen LogP contribution in [0.4, 0.5) is 0 Å². The summed E-state index contributed by atoms with van der Waals surface area (Å²) >= 11 is 0. The summed E-state index contributed by atoms with van der Waals surface area (Å²) in [4.78, 5) is 0. The smallest absolute Gasteiger partial charge is 0.0184 e. The van der Waals surface area contributed by atoms with Crippen LogP contribution in [0.2, 0.25) is 0 Å². The van der Waals surface area contributed by atoms with E-state index in [4.69, 9.17) is 0 Å². The van der Waals surface area contributed by atoms with E-state index in [1.165, 1.54) is 16.7 Å². The van der Waals surface area contributed by atoms with Gasteiger partial charge in [0, 0.05) is 0 Å². The summed E-state index contributed by atoms with van der Waals surface area (Å²) in [5.41, 5.74) is 3.72. The molecule has 0 aliphatic rings. The van der Waals surface area contributed by atoms with Crippen LogP contribution in [-0.4, -0.2) is 0 Å². The van der Waals surface area contributed by atoms with Gasteiger partial charge in [-0.1, -0.05) is 60.7 Å². The normalized spacial score (nSPS) is 10.7. The van der Waals surface area contributed by atoms with Gasteiger partial charge in [-0.25, -0.2) is 0 Å². The van der Waals surface area contributed by atoms with Gasteiger partial charge in [0.25, 0.3) is 0 Å². The van der Waals surface area contributed by atoms with Crippen LogP contribution in [0.25, 0.3) is 17.2 Å². The molecule has 0 nitrogen and oxygen atoms in total. The van der Waals surface area contributed by atoms with Crippen molar-refractivity contribution in [3.05, 3.63) is 66.2 Å². The molecule has 0 saturated carbocycles. The molecule has 0 N–H and O–H groups in total. The van der Waals surface area contributed by atoms with Gasteiger partial charge in [-0.2, -0.15) is 0 Å². The summed E-state index contributed by atoms with van der Waals surface area (Å²) in [7, 11) is 0. The first-order valence-electron chi connectivity index (χ1n) is 5.09. The lowest BCUT2D eigenvalue weighted by molar-refractivity contribution is 1.59. The molecular formula is C15H13. The van der Waals surface area contributed by atoms with Gasteiger partial charge in [-0.15, -0.1) is 0 Å². The quantitative estimate of drug-likeness (QED) is 0.671. The van der Waals surface area contributed by atoms with Gasteiger partial charge in [0.1, 0.15) is 0 Å². The fourth-order valence-electron chi connectivity index (χ4n) is 1.56. The van der Waals surface area contributed by atoms with Crippen molar-refractivity contribution in [3.8, 4) is 11.1 Å². The number of hydrogen-bond donors (Lipinski definition) is 0. The summed E-state index contributed by atoms with van der Waals surface area (Å²) in [6.45, 7) is 2.03. The van der Waals surface area contributed by atoms with Crippen molar-refractivity contribution in [1.29, 1.82) is 0 Å². The summed E-state index contributed by atoms with van der Waals surface area (Å²) in [6.07, 6.45) is 4.15. The summed E-state index contributed by atoms with van der Waals surface area (Å²) < 4.78 is 0. The highest BCUT2D eigenvalue weighted by Crippen LogP contribution is 2.19. The van der Waals surface area contributed by atoms with Gasteiger partial charge >= 0.3 is 0 Å². The zero-order chi connectivity index (χ0) is 10.5. The second kappa shape index (κ2) is 4.61. The molecule has 0 heterocycles. The number of benzene rings is 2. The van der Waals surface area contributed by atoms with Gasteiger partial charge in [0.2, 0.25) is 0 Å². The molecule has 2 aromatic carbocycles. The number of allylic oxidation sites excluding steroid dienone is 1. The van der Waals surface area contributed by atoms with Crippen LogP contribution in [0.3, 0.4) is 0 Å². The van der Waals surface area contributed by atoms with Crippen LogP contribution in [0.5, 0.6) is 0 Å². The highest BCUT2D eigenvalue weighted by molar-refractivity contribution is 5.65. The van der Waals surface area contributed by atoms with E-state index in [1.807, 2.05) is 25.1 Å². The van der Waals surface area contributed by atoms with Crippen molar-refractivity contribution in [2.24, 2.45) is 0 Å². The zero-order valence-electron chi connectivity index (χ0n) is 8.77. The maximum absolute atomic E-state index is 3.02. The summed E-state index contributed by atoms with van der Waals surface area (Å²) in [5.74, 6) is 0. The first kappa shape index (κ1) is 9.72. The Morgan fingerprint density at radius 2 is 1.47 bits per heavy atom. The molecule has 0 spiro atoms. The van der Waals surface area contributed by atoms with Crippen LogP contribution < -0.4 is 0 Å². The van der Waals surface area contributed by atoms with Crippen molar-refractivity contribution in [2.75, 3.05) is 0 Å². The highest BCUT2D eigenvalue weighted by Gasteiger charge is 1.94. The average molecular weight is 193 g/mol. The molecule has 15 heavy (non-hydrogen) atoms. The first-order chi connectivity index (χ1) is 7.40. The molecule has 0 bridgehead atoms. The van der Waals surface area contributed by atoms with Gasteiger partial charge in [0.15, 0.2) is 0 Å². The fourth-order valence-corrected chi connectivity index (χ4v) is 1.56. The van der Waals surface area contributed by atoms with E-state index in [0.29, 0.717) is 0 Å². The van der Waals surface area contributed by atoms with Gasteiger partial charge in [-0.05, 0) is 29.7 Å². The van der Waals surface area contributed by atoms with Crippen LogP contribution in [0, 0.1) is 6.07 Å². The second-order valence-electron chi connectivity index (χ2n) is 3.41. The molecule has 0 atom stereocenters. The molecule has 0 amide bonds. The van der Waals surface area contributed by atoms with Crippen molar-refractivity contribution in [2.45, 2.75) is 6.92 Å². The lowest BCUT2D eigenvalue weighted by Crippen LogP contribution is -1.77. The minimum atomic E-state index is 1.24. The molecule has 0 saturated heterocycles. The third-order valence-corrected chi connectivity index (χ3v) is 2.32. The van der Waals surface area contributed by atoms with Crippen LogP contribution in [0.1, 0.15) is 12.5 Å². The zero-order valence-corrected chi connectivity index (χ0v) is 8.77. The average Bonchev–Trinajstić information content (AvgIpc) is 2.32.